The Bertz CT molecular complexity index is 527. The van der Waals surface area contributed by atoms with Crippen molar-refractivity contribution >= 4 is 17.7 Å². The number of carboxylic acid groups (broad SMARTS) is 1. The van der Waals surface area contributed by atoms with E-state index >= 15 is 0 Å². The molecule has 2 rings (SSSR count). The van der Waals surface area contributed by atoms with Gasteiger partial charge in [-0.1, -0.05) is 6.07 Å². The molecule has 1 fully saturated rings. The van der Waals surface area contributed by atoms with Crippen molar-refractivity contribution < 1.29 is 19.1 Å². The van der Waals surface area contributed by atoms with Gasteiger partial charge in [0.2, 0.25) is 0 Å². The lowest BCUT2D eigenvalue weighted by molar-refractivity contribution is -0.138. The molecule has 0 aromatic heterocycles. The third-order valence-electron chi connectivity index (χ3n) is 3.83. The molecule has 0 spiro atoms. The summed E-state index contributed by atoms with van der Waals surface area (Å²) in [5, 5.41) is 8.78. The SMILES string of the molecule is CN(C(=O)N1CCC(CC(=O)O)CC1)c1cccc(F)c1. The van der Waals surface area contributed by atoms with Crippen LogP contribution in [-0.4, -0.2) is 42.1 Å². The summed E-state index contributed by atoms with van der Waals surface area (Å²) >= 11 is 0. The fourth-order valence-electron chi connectivity index (χ4n) is 2.58. The van der Waals surface area contributed by atoms with Crippen LogP contribution in [0.2, 0.25) is 0 Å². The Labute approximate surface area is 123 Å². The number of carbonyl (C=O) groups excluding carboxylic acids is 1. The number of benzene rings is 1. The number of hydrogen-bond donors (Lipinski definition) is 1. The molecule has 0 saturated carbocycles. The number of anilines is 1. The van der Waals surface area contributed by atoms with Crippen molar-refractivity contribution in [3.05, 3.63) is 30.1 Å². The molecule has 1 heterocycles. The van der Waals surface area contributed by atoms with Crippen LogP contribution in [0.5, 0.6) is 0 Å². The largest absolute Gasteiger partial charge is 0.481 e. The Morgan fingerprint density at radius 1 is 1.38 bits per heavy atom. The lowest BCUT2D eigenvalue weighted by Crippen LogP contribution is -2.45. The first kappa shape index (κ1) is 15.3. The molecule has 1 aliphatic heterocycles. The van der Waals surface area contributed by atoms with Gasteiger partial charge in [-0.15, -0.1) is 0 Å². The number of carbonyl (C=O) groups is 2. The smallest absolute Gasteiger partial charge is 0.324 e. The number of likely N-dealkylation sites (tertiary alicyclic amines) is 1. The average Bonchev–Trinajstić information content (AvgIpc) is 2.46. The number of amides is 2. The zero-order valence-electron chi connectivity index (χ0n) is 12.0. The second-order valence-electron chi connectivity index (χ2n) is 5.35. The van der Waals surface area contributed by atoms with Crippen molar-refractivity contribution in [3.8, 4) is 0 Å². The van der Waals surface area contributed by atoms with Crippen molar-refractivity contribution in [3.63, 3.8) is 0 Å². The highest BCUT2D eigenvalue weighted by Gasteiger charge is 2.26. The lowest BCUT2D eigenvalue weighted by Gasteiger charge is -2.34. The van der Waals surface area contributed by atoms with Gasteiger partial charge < -0.3 is 10.0 Å². The third-order valence-corrected chi connectivity index (χ3v) is 3.83. The number of carboxylic acids is 1. The number of halogens is 1. The van der Waals surface area contributed by atoms with Gasteiger partial charge in [0, 0.05) is 32.2 Å². The van der Waals surface area contributed by atoms with Crippen molar-refractivity contribution in [2.24, 2.45) is 5.92 Å². The Morgan fingerprint density at radius 2 is 2.05 bits per heavy atom. The number of rotatable bonds is 3. The summed E-state index contributed by atoms with van der Waals surface area (Å²) in [5.41, 5.74) is 0.507. The molecule has 114 valence electrons. The van der Waals surface area contributed by atoms with E-state index in [0.717, 1.165) is 0 Å². The maximum Gasteiger partial charge on any atom is 0.324 e. The Balaban J connectivity index is 1.94. The maximum atomic E-state index is 13.2. The van der Waals surface area contributed by atoms with Gasteiger partial charge in [0.1, 0.15) is 5.82 Å². The van der Waals surface area contributed by atoms with Crippen LogP contribution in [0.15, 0.2) is 24.3 Å². The lowest BCUT2D eigenvalue weighted by atomic mass is 9.94. The topological polar surface area (TPSA) is 60.9 Å². The van der Waals surface area contributed by atoms with Gasteiger partial charge in [-0.25, -0.2) is 9.18 Å². The molecular formula is C15H19FN2O3. The van der Waals surface area contributed by atoms with E-state index in [2.05, 4.69) is 0 Å². The van der Waals surface area contributed by atoms with Gasteiger partial charge in [0.25, 0.3) is 0 Å². The maximum absolute atomic E-state index is 13.2. The Kier molecular flexibility index (Phi) is 4.77. The molecule has 2 amide bonds. The van der Waals surface area contributed by atoms with Gasteiger partial charge >= 0.3 is 12.0 Å². The summed E-state index contributed by atoms with van der Waals surface area (Å²) in [6.07, 6.45) is 1.53. The van der Waals surface area contributed by atoms with E-state index in [1.54, 1.807) is 24.1 Å². The van der Waals surface area contributed by atoms with E-state index in [1.807, 2.05) is 0 Å². The quantitative estimate of drug-likeness (QED) is 0.932. The van der Waals surface area contributed by atoms with Crippen LogP contribution in [0.4, 0.5) is 14.9 Å². The highest BCUT2D eigenvalue weighted by atomic mass is 19.1. The van der Waals surface area contributed by atoms with Gasteiger partial charge in [-0.3, -0.25) is 9.69 Å². The van der Waals surface area contributed by atoms with Crippen LogP contribution in [0.3, 0.4) is 0 Å². The molecule has 21 heavy (non-hydrogen) atoms. The van der Waals surface area contributed by atoms with Gasteiger partial charge in [-0.05, 0) is 37.0 Å². The highest BCUT2D eigenvalue weighted by Crippen LogP contribution is 2.23. The van der Waals surface area contributed by atoms with Crippen LogP contribution < -0.4 is 4.90 Å². The minimum Gasteiger partial charge on any atom is -0.481 e. The Hall–Kier alpha value is -2.11. The van der Waals surface area contributed by atoms with Gasteiger partial charge in [0.05, 0.1) is 0 Å². The minimum atomic E-state index is -0.795. The zero-order chi connectivity index (χ0) is 15.4. The van der Waals surface area contributed by atoms with Crippen molar-refractivity contribution in [1.29, 1.82) is 0 Å². The fourth-order valence-corrected chi connectivity index (χ4v) is 2.58. The number of urea groups is 1. The monoisotopic (exact) mass is 294 g/mol. The van der Waals surface area contributed by atoms with Crippen LogP contribution in [0.1, 0.15) is 19.3 Å². The number of nitrogens with zero attached hydrogens (tertiary/aromatic N) is 2. The molecule has 0 unspecified atom stereocenters. The fraction of sp³-hybridized carbons (Fsp3) is 0.467. The molecule has 5 nitrogen and oxygen atoms in total. The molecule has 6 heteroatoms. The van der Waals surface area contributed by atoms with E-state index in [1.165, 1.54) is 17.0 Å². The molecule has 1 N–H and O–H groups in total. The normalized spacial score (nSPS) is 15.8. The van der Waals surface area contributed by atoms with Crippen LogP contribution in [-0.2, 0) is 4.79 Å². The number of hydrogen-bond acceptors (Lipinski definition) is 2. The summed E-state index contributed by atoms with van der Waals surface area (Å²) in [7, 11) is 1.61. The summed E-state index contributed by atoms with van der Waals surface area (Å²) in [6, 6.07) is 5.70. The van der Waals surface area contributed by atoms with Crippen LogP contribution in [0.25, 0.3) is 0 Å². The molecule has 0 bridgehead atoms. The van der Waals surface area contributed by atoms with Gasteiger partial charge in [-0.2, -0.15) is 0 Å². The summed E-state index contributed by atoms with van der Waals surface area (Å²) in [6.45, 7) is 1.08. The summed E-state index contributed by atoms with van der Waals surface area (Å²) in [4.78, 5) is 26.1. The summed E-state index contributed by atoms with van der Waals surface area (Å²) < 4.78 is 13.2. The van der Waals surface area contributed by atoms with E-state index in [0.29, 0.717) is 31.6 Å². The molecule has 1 saturated heterocycles. The van der Waals surface area contributed by atoms with Crippen LogP contribution >= 0.6 is 0 Å². The number of piperidine rings is 1. The first-order chi connectivity index (χ1) is 9.97. The van der Waals surface area contributed by atoms with E-state index in [9.17, 15) is 14.0 Å². The first-order valence-corrected chi connectivity index (χ1v) is 6.97. The van der Waals surface area contributed by atoms with E-state index in [-0.39, 0.29) is 24.2 Å². The average molecular weight is 294 g/mol. The standard InChI is InChI=1S/C15H19FN2O3/c1-17(13-4-2-3-12(16)10-13)15(21)18-7-5-11(6-8-18)9-14(19)20/h2-4,10-11H,5-9H2,1H3,(H,19,20). The third kappa shape index (κ3) is 3.93. The second-order valence-corrected chi connectivity index (χ2v) is 5.35. The molecule has 0 radical (unpaired) electrons. The second kappa shape index (κ2) is 6.56. The molecule has 1 aromatic carbocycles. The molecule has 1 aromatic rings. The predicted molar refractivity (Wildman–Crippen MR) is 76.7 cm³/mol. The van der Waals surface area contributed by atoms with Crippen molar-refractivity contribution in [1.82, 2.24) is 4.90 Å². The number of aliphatic carboxylic acids is 1. The molecule has 0 atom stereocenters. The van der Waals surface area contributed by atoms with E-state index < -0.39 is 5.97 Å². The highest BCUT2D eigenvalue weighted by molar-refractivity contribution is 5.91. The first-order valence-electron chi connectivity index (χ1n) is 6.97. The molecule has 1 aliphatic rings. The van der Waals surface area contributed by atoms with Crippen LogP contribution in [0, 0.1) is 11.7 Å². The Morgan fingerprint density at radius 3 is 2.62 bits per heavy atom. The van der Waals surface area contributed by atoms with E-state index in [4.69, 9.17) is 5.11 Å². The van der Waals surface area contributed by atoms with Crippen molar-refractivity contribution in [2.75, 3.05) is 25.0 Å². The molecule has 0 aliphatic carbocycles. The zero-order valence-corrected chi connectivity index (χ0v) is 12.0. The minimum absolute atomic E-state index is 0.131. The van der Waals surface area contributed by atoms with Crippen molar-refractivity contribution in [2.45, 2.75) is 19.3 Å². The van der Waals surface area contributed by atoms with Gasteiger partial charge in [0.15, 0.2) is 0 Å². The molecular weight excluding hydrogens is 275 g/mol. The predicted octanol–water partition coefficient (Wildman–Crippen LogP) is 2.57. The summed E-state index contributed by atoms with van der Waals surface area (Å²) in [5.74, 6) is -1.05.